The second-order valence-corrected chi connectivity index (χ2v) is 9.72. The van der Waals surface area contributed by atoms with E-state index in [1.165, 1.54) is 0 Å². The highest BCUT2D eigenvalue weighted by molar-refractivity contribution is 5.86. The molecule has 1 aromatic carbocycles. The van der Waals surface area contributed by atoms with Crippen molar-refractivity contribution < 1.29 is 24.2 Å². The largest absolute Gasteiger partial charge is 0.463 e. The molecule has 0 spiro atoms. The van der Waals surface area contributed by atoms with Crippen LogP contribution in [0.15, 0.2) is 49.6 Å². The van der Waals surface area contributed by atoms with E-state index < -0.39 is 11.5 Å². The standard InChI is InChI=1S/C28H38N2O5/c1-3-5-13-26(33)35-20-28(14-8-9-15-28)29-27(34)22(10-4-2)17-25(32)30-18-23-12-7-6-11-21(23)16-24(30)19-31/h3-4,6-7,11-12,22,24,31H,1-2,5,8-10,13-20H2,(H,29,34). The van der Waals surface area contributed by atoms with Crippen molar-refractivity contribution in [2.45, 2.75) is 75.9 Å². The second-order valence-electron chi connectivity index (χ2n) is 9.72. The Bertz CT molecular complexity index is 922. The minimum absolute atomic E-state index is 0.0335. The van der Waals surface area contributed by atoms with E-state index in [1.54, 1.807) is 17.1 Å². The third-order valence-corrected chi connectivity index (χ3v) is 7.14. The molecule has 7 heteroatoms. The molecule has 0 radical (unpaired) electrons. The Labute approximate surface area is 208 Å². The molecule has 2 atom stereocenters. The molecule has 35 heavy (non-hydrogen) atoms. The van der Waals surface area contributed by atoms with Gasteiger partial charge in [0.25, 0.3) is 0 Å². The van der Waals surface area contributed by atoms with E-state index in [2.05, 4.69) is 18.5 Å². The van der Waals surface area contributed by atoms with Crippen LogP contribution < -0.4 is 5.32 Å². The number of benzene rings is 1. The summed E-state index contributed by atoms with van der Waals surface area (Å²) in [5.41, 5.74) is 1.61. The van der Waals surface area contributed by atoms with Crippen molar-refractivity contribution in [3.63, 3.8) is 0 Å². The van der Waals surface area contributed by atoms with E-state index in [4.69, 9.17) is 4.74 Å². The molecule has 2 amide bonds. The summed E-state index contributed by atoms with van der Waals surface area (Å²) in [6.07, 6.45) is 8.50. The van der Waals surface area contributed by atoms with Crippen LogP contribution in [-0.4, -0.2) is 52.6 Å². The number of nitrogens with zero attached hydrogens (tertiary/aromatic N) is 1. The van der Waals surface area contributed by atoms with Crippen LogP contribution in [0.1, 0.15) is 62.5 Å². The summed E-state index contributed by atoms with van der Waals surface area (Å²) in [4.78, 5) is 40.4. The molecule has 2 aliphatic rings. The van der Waals surface area contributed by atoms with Crippen LogP contribution in [0.5, 0.6) is 0 Å². The Morgan fingerprint density at radius 3 is 2.54 bits per heavy atom. The number of ether oxygens (including phenoxy) is 1. The lowest BCUT2D eigenvalue weighted by Crippen LogP contribution is -2.53. The molecule has 1 heterocycles. The lowest BCUT2D eigenvalue weighted by molar-refractivity contribution is -0.147. The number of aliphatic hydroxyl groups is 1. The molecule has 0 aromatic heterocycles. The van der Waals surface area contributed by atoms with Crippen molar-refractivity contribution in [3.8, 4) is 0 Å². The van der Waals surface area contributed by atoms with Gasteiger partial charge in [0.1, 0.15) is 6.61 Å². The maximum Gasteiger partial charge on any atom is 0.306 e. The van der Waals surface area contributed by atoms with Gasteiger partial charge in [0, 0.05) is 19.4 Å². The lowest BCUT2D eigenvalue weighted by atomic mass is 9.91. The van der Waals surface area contributed by atoms with Crippen LogP contribution in [0.2, 0.25) is 0 Å². The highest BCUT2D eigenvalue weighted by Crippen LogP contribution is 2.31. The van der Waals surface area contributed by atoms with Gasteiger partial charge < -0.3 is 20.1 Å². The summed E-state index contributed by atoms with van der Waals surface area (Å²) < 4.78 is 5.49. The quantitative estimate of drug-likeness (QED) is 0.351. The van der Waals surface area contributed by atoms with Crippen molar-refractivity contribution >= 4 is 17.8 Å². The predicted molar refractivity (Wildman–Crippen MR) is 134 cm³/mol. The van der Waals surface area contributed by atoms with E-state index in [-0.39, 0.29) is 49.9 Å². The Morgan fingerprint density at radius 2 is 1.89 bits per heavy atom. The molecular formula is C28H38N2O5. The van der Waals surface area contributed by atoms with E-state index in [0.717, 1.165) is 36.8 Å². The molecule has 1 fully saturated rings. The monoisotopic (exact) mass is 482 g/mol. The number of amides is 2. The van der Waals surface area contributed by atoms with Gasteiger partial charge in [-0.2, -0.15) is 0 Å². The average Bonchev–Trinajstić information content (AvgIpc) is 3.33. The lowest BCUT2D eigenvalue weighted by Gasteiger charge is -2.37. The molecule has 190 valence electrons. The number of fused-ring (bicyclic) bond motifs is 1. The van der Waals surface area contributed by atoms with Crippen LogP contribution in [0, 0.1) is 5.92 Å². The van der Waals surface area contributed by atoms with Crippen LogP contribution in [0.3, 0.4) is 0 Å². The number of aliphatic hydroxyl groups excluding tert-OH is 1. The predicted octanol–water partition coefficient (Wildman–Crippen LogP) is 3.45. The molecule has 1 aromatic rings. The fourth-order valence-corrected chi connectivity index (χ4v) is 5.09. The maximum atomic E-state index is 13.3. The number of esters is 1. The fraction of sp³-hybridized carbons (Fsp3) is 0.536. The molecule has 0 saturated heterocycles. The van der Waals surface area contributed by atoms with Gasteiger partial charge >= 0.3 is 5.97 Å². The van der Waals surface area contributed by atoms with Gasteiger partial charge in [-0.3, -0.25) is 14.4 Å². The van der Waals surface area contributed by atoms with Gasteiger partial charge in [0.05, 0.1) is 24.1 Å². The summed E-state index contributed by atoms with van der Waals surface area (Å²) in [5, 5.41) is 13.1. The molecule has 1 aliphatic carbocycles. The molecule has 1 aliphatic heterocycles. The summed E-state index contributed by atoms with van der Waals surface area (Å²) >= 11 is 0. The van der Waals surface area contributed by atoms with Crippen molar-refractivity contribution in [2.75, 3.05) is 13.2 Å². The minimum atomic E-state index is -0.596. The minimum Gasteiger partial charge on any atom is -0.463 e. The number of carbonyl (C=O) groups excluding carboxylic acids is 3. The topological polar surface area (TPSA) is 95.9 Å². The van der Waals surface area contributed by atoms with Gasteiger partial charge in [0.2, 0.25) is 11.8 Å². The number of allylic oxidation sites excluding steroid dienone is 2. The first-order chi connectivity index (χ1) is 16.9. The number of nitrogens with one attached hydrogen (secondary N) is 1. The highest BCUT2D eigenvalue weighted by atomic mass is 16.5. The Balaban J connectivity index is 1.66. The zero-order valence-electron chi connectivity index (χ0n) is 20.5. The van der Waals surface area contributed by atoms with Crippen molar-refractivity contribution in [3.05, 3.63) is 60.7 Å². The van der Waals surface area contributed by atoms with Gasteiger partial charge in [-0.15, -0.1) is 13.2 Å². The van der Waals surface area contributed by atoms with Gasteiger partial charge in [-0.05, 0) is 43.2 Å². The van der Waals surface area contributed by atoms with Crippen molar-refractivity contribution in [1.29, 1.82) is 0 Å². The highest BCUT2D eigenvalue weighted by Gasteiger charge is 2.39. The molecule has 7 nitrogen and oxygen atoms in total. The smallest absolute Gasteiger partial charge is 0.306 e. The van der Waals surface area contributed by atoms with E-state index in [9.17, 15) is 19.5 Å². The fourth-order valence-electron chi connectivity index (χ4n) is 5.09. The van der Waals surface area contributed by atoms with Gasteiger partial charge in [-0.1, -0.05) is 49.3 Å². The van der Waals surface area contributed by atoms with E-state index in [1.807, 2.05) is 24.3 Å². The zero-order valence-corrected chi connectivity index (χ0v) is 20.5. The number of hydrogen-bond acceptors (Lipinski definition) is 5. The molecule has 2 unspecified atom stereocenters. The van der Waals surface area contributed by atoms with Crippen LogP contribution >= 0.6 is 0 Å². The molecule has 2 N–H and O–H groups in total. The van der Waals surface area contributed by atoms with Crippen LogP contribution in [-0.2, 0) is 32.1 Å². The second kappa shape index (κ2) is 12.7. The number of carbonyl (C=O) groups is 3. The first kappa shape index (κ1) is 26.7. The first-order valence-corrected chi connectivity index (χ1v) is 12.6. The van der Waals surface area contributed by atoms with Crippen molar-refractivity contribution in [1.82, 2.24) is 10.2 Å². The first-order valence-electron chi connectivity index (χ1n) is 12.6. The summed E-state index contributed by atoms with van der Waals surface area (Å²) in [6.45, 7) is 7.83. The van der Waals surface area contributed by atoms with Crippen LogP contribution in [0.25, 0.3) is 0 Å². The van der Waals surface area contributed by atoms with Crippen molar-refractivity contribution in [2.24, 2.45) is 5.92 Å². The molecular weight excluding hydrogens is 444 g/mol. The molecule has 0 bridgehead atoms. The third kappa shape index (κ3) is 7.04. The Hall–Kier alpha value is -2.93. The maximum absolute atomic E-state index is 13.3. The Morgan fingerprint density at radius 1 is 1.17 bits per heavy atom. The van der Waals surface area contributed by atoms with E-state index >= 15 is 0 Å². The number of rotatable bonds is 12. The Kier molecular flexibility index (Phi) is 9.66. The zero-order chi connectivity index (χ0) is 25.3. The SMILES string of the molecule is C=CCCC(=O)OCC1(NC(=O)C(CC=C)CC(=O)N2Cc3ccccc3CC2CO)CCCC1. The summed E-state index contributed by atoms with van der Waals surface area (Å²) in [6, 6.07) is 7.63. The van der Waals surface area contributed by atoms with Crippen LogP contribution in [0.4, 0.5) is 0 Å². The molecule has 1 saturated carbocycles. The normalized spacial score (nSPS) is 19.3. The average molecular weight is 483 g/mol. The van der Waals surface area contributed by atoms with E-state index in [0.29, 0.717) is 25.8 Å². The van der Waals surface area contributed by atoms with Gasteiger partial charge in [0.15, 0.2) is 0 Å². The molecule has 3 rings (SSSR count). The summed E-state index contributed by atoms with van der Waals surface area (Å²) in [5.74, 6) is -1.26. The number of hydrogen-bond donors (Lipinski definition) is 2. The third-order valence-electron chi connectivity index (χ3n) is 7.14. The summed E-state index contributed by atoms with van der Waals surface area (Å²) in [7, 11) is 0. The van der Waals surface area contributed by atoms with Gasteiger partial charge in [-0.25, -0.2) is 0 Å².